The van der Waals surface area contributed by atoms with E-state index in [2.05, 4.69) is 21.4 Å². The summed E-state index contributed by atoms with van der Waals surface area (Å²) >= 11 is 1.69. The van der Waals surface area contributed by atoms with Crippen molar-refractivity contribution in [2.75, 3.05) is 11.9 Å². The van der Waals surface area contributed by atoms with Gasteiger partial charge in [0.05, 0.1) is 16.5 Å². The van der Waals surface area contributed by atoms with Gasteiger partial charge in [-0.3, -0.25) is 0 Å². The molecule has 4 nitrogen and oxygen atoms in total. The fraction of sp³-hybridized carbons (Fsp3) is 0.167. The lowest BCUT2D eigenvalue weighted by Crippen LogP contribution is -2.08. The molecule has 2 aromatic heterocycles. The maximum Gasteiger partial charge on any atom is 0.183 e. The van der Waals surface area contributed by atoms with Crippen LogP contribution in [0.1, 0.15) is 0 Å². The molecule has 86 valence electrons. The smallest absolute Gasteiger partial charge is 0.183 e. The van der Waals surface area contributed by atoms with Crippen LogP contribution in [-0.2, 0) is 6.54 Å². The van der Waals surface area contributed by atoms with Crippen LogP contribution in [0.15, 0.2) is 43.0 Å². The summed E-state index contributed by atoms with van der Waals surface area (Å²) in [5, 5.41) is 4.31. The van der Waals surface area contributed by atoms with Crippen LogP contribution in [0.5, 0.6) is 0 Å². The molecule has 0 bridgehead atoms. The van der Waals surface area contributed by atoms with Crippen molar-refractivity contribution < 1.29 is 0 Å². The van der Waals surface area contributed by atoms with Crippen LogP contribution in [0, 0.1) is 0 Å². The molecule has 0 aliphatic heterocycles. The molecule has 0 radical (unpaired) electrons. The van der Waals surface area contributed by atoms with Crippen molar-refractivity contribution in [3.05, 3.63) is 43.0 Å². The van der Waals surface area contributed by atoms with E-state index in [0.29, 0.717) is 0 Å². The normalized spacial score (nSPS) is 10.8. The van der Waals surface area contributed by atoms with Crippen LogP contribution in [0.3, 0.4) is 0 Å². The lowest BCUT2D eigenvalue weighted by molar-refractivity contribution is 0.726. The Labute approximate surface area is 103 Å². The van der Waals surface area contributed by atoms with Crippen LogP contribution in [0.4, 0.5) is 5.13 Å². The number of fused-ring (bicyclic) bond motifs is 1. The van der Waals surface area contributed by atoms with Crippen molar-refractivity contribution in [2.24, 2.45) is 0 Å². The summed E-state index contributed by atoms with van der Waals surface area (Å²) in [5.74, 6) is 0. The Kier molecular flexibility index (Phi) is 2.75. The van der Waals surface area contributed by atoms with Gasteiger partial charge in [-0.1, -0.05) is 23.5 Å². The molecular formula is C12H12N4S. The van der Waals surface area contributed by atoms with Crippen molar-refractivity contribution in [3.63, 3.8) is 0 Å². The van der Waals surface area contributed by atoms with E-state index < -0.39 is 0 Å². The van der Waals surface area contributed by atoms with E-state index in [9.17, 15) is 0 Å². The third-order valence-electron chi connectivity index (χ3n) is 2.50. The third kappa shape index (κ3) is 2.29. The van der Waals surface area contributed by atoms with Crippen molar-refractivity contribution in [2.45, 2.75) is 6.54 Å². The summed E-state index contributed by atoms with van der Waals surface area (Å²) in [4.78, 5) is 8.52. The average molecular weight is 244 g/mol. The largest absolute Gasteiger partial charge is 0.360 e. The average Bonchev–Trinajstić information content (AvgIpc) is 2.96. The van der Waals surface area contributed by atoms with Crippen LogP contribution in [0.2, 0.25) is 0 Å². The van der Waals surface area contributed by atoms with Gasteiger partial charge in [-0.05, 0) is 12.1 Å². The van der Waals surface area contributed by atoms with Gasteiger partial charge in [0, 0.05) is 25.5 Å². The summed E-state index contributed by atoms with van der Waals surface area (Å²) in [6.07, 6.45) is 5.57. The fourth-order valence-electron chi connectivity index (χ4n) is 1.66. The Balaban J connectivity index is 1.65. The van der Waals surface area contributed by atoms with Crippen molar-refractivity contribution in [3.8, 4) is 0 Å². The molecule has 0 fully saturated rings. The van der Waals surface area contributed by atoms with Gasteiger partial charge in [0.25, 0.3) is 0 Å². The SMILES string of the molecule is c1ccc2sc(NCCn3ccnc3)nc2c1. The topological polar surface area (TPSA) is 42.7 Å². The highest BCUT2D eigenvalue weighted by atomic mass is 32.1. The van der Waals surface area contributed by atoms with Gasteiger partial charge in [-0.25, -0.2) is 9.97 Å². The van der Waals surface area contributed by atoms with Crippen molar-refractivity contribution in [1.29, 1.82) is 0 Å². The van der Waals surface area contributed by atoms with E-state index in [1.807, 2.05) is 35.3 Å². The molecule has 0 atom stereocenters. The second-order valence-corrected chi connectivity index (χ2v) is 4.74. The predicted molar refractivity (Wildman–Crippen MR) is 70.3 cm³/mol. The molecule has 0 aliphatic rings. The van der Waals surface area contributed by atoms with E-state index in [1.54, 1.807) is 17.5 Å². The molecule has 2 heterocycles. The fourth-order valence-corrected chi connectivity index (χ4v) is 2.55. The molecule has 3 rings (SSSR count). The highest BCUT2D eigenvalue weighted by Crippen LogP contribution is 2.24. The number of hydrogen-bond donors (Lipinski definition) is 1. The highest BCUT2D eigenvalue weighted by molar-refractivity contribution is 7.22. The number of nitrogens with one attached hydrogen (secondary N) is 1. The summed E-state index contributed by atoms with van der Waals surface area (Å²) in [5.41, 5.74) is 1.06. The van der Waals surface area contributed by atoms with Gasteiger partial charge in [0.1, 0.15) is 0 Å². The molecule has 0 saturated carbocycles. The maximum absolute atomic E-state index is 4.51. The summed E-state index contributed by atoms with van der Waals surface area (Å²) in [6.45, 7) is 1.76. The minimum atomic E-state index is 0.857. The molecule has 1 aromatic carbocycles. The van der Waals surface area contributed by atoms with E-state index in [4.69, 9.17) is 0 Å². The lowest BCUT2D eigenvalue weighted by atomic mass is 10.3. The summed E-state index contributed by atoms with van der Waals surface area (Å²) < 4.78 is 3.26. The maximum atomic E-state index is 4.51. The zero-order chi connectivity index (χ0) is 11.5. The monoisotopic (exact) mass is 244 g/mol. The van der Waals surface area contributed by atoms with E-state index in [-0.39, 0.29) is 0 Å². The third-order valence-corrected chi connectivity index (χ3v) is 3.49. The molecule has 1 N–H and O–H groups in total. The van der Waals surface area contributed by atoms with Crippen molar-refractivity contribution >= 4 is 26.7 Å². The minimum absolute atomic E-state index is 0.857. The van der Waals surface area contributed by atoms with Gasteiger partial charge < -0.3 is 9.88 Å². The number of imidazole rings is 1. The zero-order valence-corrected chi connectivity index (χ0v) is 10.0. The van der Waals surface area contributed by atoms with Crippen LogP contribution >= 0.6 is 11.3 Å². The number of para-hydroxylation sites is 1. The second-order valence-electron chi connectivity index (χ2n) is 3.71. The molecule has 0 spiro atoms. The zero-order valence-electron chi connectivity index (χ0n) is 9.21. The number of aromatic nitrogens is 3. The van der Waals surface area contributed by atoms with E-state index >= 15 is 0 Å². The first kappa shape index (κ1) is 10.3. The molecule has 0 saturated heterocycles. The number of thiazole rings is 1. The molecular weight excluding hydrogens is 232 g/mol. The number of anilines is 1. The number of nitrogens with zero attached hydrogens (tertiary/aromatic N) is 3. The lowest BCUT2D eigenvalue weighted by Gasteiger charge is -2.02. The first-order valence-corrected chi connectivity index (χ1v) is 6.29. The van der Waals surface area contributed by atoms with Gasteiger partial charge in [0.15, 0.2) is 5.13 Å². The Hall–Kier alpha value is -1.88. The highest BCUT2D eigenvalue weighted by Gasteiger charge is 2.01. The molecule has 0 amide bonds. The van der Waals surface area contributed by atoms with Gasteiger partial charge in [-0.2, -0.15) is 0 Å². The summed E-state index contributed by atoms with van der Waals surface area (Å²) in [6, 6.07) is 8.17. The molecule has 0 unspecified atom stereocenters. The van der Waals surface area contributed by atoms with Gasteiger partial charge >= 0.3 is 0 Å². The van der Waals surface area contributed by atoms with Gasteiger partial charge in [-0.15, -0.1) is 0 Å². The Morgan fingerprint density at radius 1 is 1.29 bits per heavy atom. The summed E-state index contributed by atoms with van der Waals surface area (Å²) in [7, 11) is 0. The van der Waals surface area contributed by atoms with Crippen LogP contribution in [-0.4, -0.2) is 21.1 Å². The number of hydrogen-bond acceptors (Lipinski definition) is 4. The standard InChI is InChI=1S/C12H12N4S/c1-2-4-11-10(3-1)15-12(17-11)14-6-8-16-7-5-13-9-16/h1-5,7,9H,6,8H2,(H,14,15). The Morgan fingerprint density at radius 3 is 3.06 bits per heavy atom. The van der Waals surface area contributed by atoms with E-state index in [0.717, 1.165) is 23.7 Å². The van der Waals surface area contributed by atoms with Crippen molar-refractivity contribution in [1.82, 2.24) is 14.5 Å². The van der Waals surface area contributed by atoms with Gasteiger partial charge in [0.2, 0.25) is 0 Å². The first-order chi connectivity index (χ1) is 8.42. The first-order valence-electron chi connectivity index (χ1n) is 5.47. The quantitative estimate of drug-likeness (QED) is 0.767. The number of benzene rings is 1. The minimum Gasteiger partial charge on any atom is -0.360 e. The Bertz CT molecular complexity index is 567. The molecule has 5 heteroatoms. The molecule has 0 aliphatic carbocycles. The Morgan fingerprint density at radius 2 is 2.24 bits per heavy atom. The predicted octanol–water partition coefficient (Wildman–Crippen LogP) is 2.60. The van der Waals surface area contributed by atoms with E-state index in [1.165, 1.54) is 4.70 Å². The second kappa shape index (κ2) is 4.55. The van der Waals surface area contributed by atoms with Crippen LogP contribution in [0.25, 0.3) is 10.2 Å². The van der Waals surface area contributed by atoms with Crippen LogP contribution < -0.4 is 5.32 Å². The number of rotatable bonds is 4. The molecule has 3 aromatic rings. The molecule has 17 heavy (non-hydrogen) atoms.